The molecular weight excluding hydrogens is 256 g/mol. The zero-order valence-corrected chi connectivity index (χ0v) is 12.0. The van der Waals surface area contributed by atoms with Gasteiger partial charge < -0.3 is 10.1 Å². The zero-order valence-electron chi connectivity index (χ0n) is 12.0. The maximum absolute atomic E-state index is 12.0. The number of carbonyl (C=O) groups is 1. The summed E-state index contributed by atoms with van der Waals surface area (Å²) in [7, 11) is 1.61. The molecule has 0 radical (unpaired) electrons. The molecule has 0 aliphatic heterocycles. The molecule has 1 heterocycles. The lowest BCUT2D eigenvalue weighted by molar-refractivity contribution is 0.0937. The Labute approximate surface area is 117 Å². The molecule has 0 saturated carbocycles. The number of nitrogens with one attached hydrogen (secondary N) is 1. The van der Waals surface area contributed by atoms with E-state index >= 15 is 0 Å². The standard InChI is InChI=1S/C14H18N4O2/c1-9(2)15-14(19)13-10(3)18(17-16-13)11-6-5-7-12(8-11)20-4/h5-9H,1-4H3,(H,15,19). The second-order valence-electron chi connectivity index (χ2n) is 4.76. The van der Waals surface area contributed by atoms with Crippen LogP contribution in [-0.2, 0) is 0 Å². The summed E-state index contributed by atoms with van der Waals surface area (Å²) >= 11 is 0. The second-order valence-corrected chi connectivity index (χ2v) is 4.76. The van der Waals surface area contributed by atoms with Gasteiger partial charge in [0.1, 0.15) is 5.75 Å². The first-order chi connectivity index (χ1) is 9.52. The zero-order chi connectivity index (χ0) is 14.7. The van der Waals surface area contributed by atoms with Crippen LogP contribution in [0.2, 0.25) is 0 Å². The van der Waals surface area contributed by atoms with Crippen molar-refractivity contribution in [2.45, 2.75) is 26.8 Å². The third-order valence-corrected chi connectivity index (χ3v) is 2.83. The van der Waals surface area contributed by atoms with Crippen molar-refractivity contribution in [3.63, 3.8) is 0 Å². The molecule has 1 amide bonds. The van der Waals surface area contributed by atoms with Crippen molar-refractivity contribution in [2.24, 2.45) is 0 Å². The minimum atomic E-state index is -0.216. The van der Waals surface area contributed by atoms with Gasteiger partial charge in [0.05, 0.1) is 18.5 Å². The summed E-state index contributed by atoms with van der Waals surface area (Å²) in [6, 6.07) is 7.50. The molecular formula is C14H18N4O2. The van der Waals surface area contributed by atoms with Gasteiger partial charge in [0.15, 0.2) is 5.69 Å². The molecule has 20 heavy (non-hydrogen) atoms. The molecule has 1 aromatic heterocycles. The van der Waals surface area contributed by atoms with Crippen LogP contribution in [0.25, 0.3) is 5.69 Å². The van der Waals surface area contributed by atoms with Crippen LogP contribution in [0, 0.1) is 6.92 Å². The van der Waals surface area contributed by atoms with E-state index in [9.17, 15) is 4.79 Å². The van der Waals surface area contributed by atoms with Crippen molar-refractivity contribution in [3.8, 4) is 11.4 Å². The first kappa shape index (κ1) is 14.0. The Hall–Kier alpha value is -2.37. The summed E-state index contributed by atoms with van der Waals surface area (Å²) in [5.41, 5.74) is 1.83. The second kappa shape index (κ2) is 5.73. The highest BCUT2D eigenvalue weighted by atomic mass is 16.5. The fourth-order valence-corrected chi connectivity index (χ4v) is 1.86. The lowest BCUT2D eigenvalue weighted by atomic mass is 10.2. The van der Waals surface area contributed by atoms with Crippen molar-refractivity contribution < 1.29 is 9.53 Å². The maximum atomic E-state index is 12.0. The highest BCUT2D eigenvalue weighted by molar-refractivity contribution is 5.93. The SMILES string of the molecule is COc1cccc(-n2nnc(C(=O)NC(C)C)c2C)c1. The molecule has 0 saturated heterocycles. The molecule has 6 heteroatoms. The minimum absolute atomic E-state index is 0.0591. The molecule has 0 bridgehead atoms. The highest BCUT2D eigenvalue weighted by Crippen LogP contribution is 2.18. The third-order valence-electron chi connectivity index (χ3n) is 2.83. The van der Waals surface area contributed by atoms with Crippen molar-refractivity contribution in [1.82, 2.24) is 20.3 Å². The predicted octanol–water partition coefficient (Wildman–Crippen LogP) is 1.72. The number of carbonyl (C=O) groups excluding carboxylic acids is 1. The van der Waals surface area contributed by atoms with Gasteiger partial charge in [-0.05, 0) is 32.9 Å². The minimum Gasteiger partial charge on any atom is -0.497 e. The topological polar surface area (TPSA) is 69.0 Å². The molecule has 2 aromatic rings. The average molecular weight is 274 g/mol. The van der Waals surface area contributed by atoms with Gasteiger partial charge in [-0.3, -0.25) is 4.79 Å². The predicted molar refractivity (Wildman–Crippen MR) is 75.3 cm³/mol. The monoisotopic (exact) mass is 274 g/mol. The molecule has 106 valence electrons. The summed E-state index contributed by atoms with van der Waals surface area (Å²) in [5.74, 6) is 0.511. The van der Waals surface area contributed by atoms with Crippen molar-refractivity contribution in [1.29, 1.82) is 0 Å². The van der Waals surface area contributed by atoms with Crippen LogP contribution >= 0.6 is 0 Å². The first-order valence-corrected chi connectivity index (χ1v) is 6.40. The molecule has 2 rings (SSSR count). The summed E-state index contributed by atoms with van der Waals surface area (Å²) in [6.07, 6.45) is 0. The lowest BCUT2D eigenvalue weighted by Gasteiger charge is -2.07. The number of hydrogen-bond acceptors (Lipinski definition) is 4. The normalized spacial score (nSPS) is 10.7. The van der Waals surface area contributed by atoms with Gasteiger partial charge in [-0.1, -0.05) is 11.3 Å². The van der Waals surface area contributed by atoms with Gasteiger partial charge in [0, 0.05) is 12.1 Å². The van der Waals surface area contributed by atoms with Crippen LogP contribution in [0.3, 0.4) is 0 Å². The summed E-state index contributed by atoms with van der Waals surface area (Å²) in [4.78, 5) is 12.0. The summed E-state index contributed by atoms with van der Waals surface area (Å²) in [5, 5.41) is 10.8. The Morgan fingerprint density at radius 2 is 2.15 bits per heavy atom. The molecule has 0 aliphatic carbocycles. The Morgan fingerprint density at radius 3 is 2.80 bits per heavy atom. The van der Waals surface area contributed by atoms with Crippen molar-refractivity contribution >= 4 is 5.91 Å². The van der Waals surface area contributed by atoms with Gasteiger partial charge in [0.2, 0.25) is 0 Å². The van der Waals surface area contributed by atoms with E-state index in [-0.39, 0.29) is 11.9 Å². The molecule has 1 N–H and O–H groups in total. The Morgan fingerprint density at radius 1 is 1.40 bits per heavy atom. The van der Waals surface area contributed by atoms with Gasteiger partial charge in [-0.2, -0.15) is 0 Å². The lowest BCUT2D eigenvalue weighted by Crippen LogP contribution is -2.30. The van der Waals surface area contributed by atoms with Crippen molar-refractivity contribution in [2.75, 3.05) is 7.11 Å². The molecule has 0 atom stereocenters. The number of benzene rings is 1. The molecule has 0 unspecified atom stereocenters. The Kier molecular flexibility index (Phi) is 4.02. The number of nitrogens with zero attached hydrogens (tertiary/aromatic N) is 3. The third kappa shape index (κ3) is 2.79. The van der Waals surface area contributed by atoms with Gasteiger partial charge in [-0.25, -0.2) is 4.68 Å². The fraction of sp³-hybridized carbons (Fsp3) is 0.357. The van der Waals surface area contributed by atoms with Crippen LogP contribution in [0.1, 0.15) is 30.0 Å². The number of hydrogen-bond donors (Lipinski definition) is 1. The van der Waals surface area contributed by atoms with E-state index in [1.807, 2.05) is 45.0 Å². The molecule has 1 aromatic carbocycles. The summed E-state index contributed by atoms with van der Waals surface area (Å²) in [6.45, 7) is 5.62. The number of ether oxygens (including phenoxy) is 1. The van der Waals surface area contributed by atoms with Crippen LogP contribution < -0.4 is 10.1 Å². The van der Waals surface area contributed by atoms with E-state index in [0.29, 0.717) is 11.4 Å². The number of rotatable bonds is 4. The molecule has 0 fully saturated rings. The van der Waals surface area contributed by atoms with Gasteiger partial charge >= 0.3 is 0 Å². The quantitative estimate of drug-likeness (QED) is 0.921. The Balaban J connectivity index is 2.35. The molecule has 0 spiro atoms. The number of methoxy groups -OCH3 is 1. The van der Waals surface area contributed by atoms with Crippen LogP contribution in [0.4, 0.5) is 0 Å². The van der Waals surface area contributed by atoms with E-state index < -0.39 is 0 Å². The van der Waals surface area contributed by atoms with Crippen LogP contribution in [0.15, 0.2) is 24.3 Å². The maximum Gasteiger partial charge on any atom is 0.273 e. The summed E-state index contributed by atoms with van der Waals surface area (Å²) < 4.78 is 6.81. The highest BCUT2D eigenvalue weighted by Gasteiger charge is 2.17. The van der Waals surface area contributed by atoms with Crippen LogP contribution in [0.5, 0.6) is 5.75 Å². The number of aromatic nitrogens is 3. The fourth-order valence-electron chi connectivity index (χ4n) is 1.86. The average Bonchev–Trinajstić information content (AvgIpc) is 2.80. The Bertz CT molecular complexity index is 619. The smallest absolute Gasteiger partial charge is 0.273 e. The first-order valence-electron chi connectivity index (χ1n) is 6.40. The van der Waals surface area contributed by atoms with E-state index in [1.54, 1.807) is 11.8 Å². The van der Waals surface area contributed by atoms with Crippen LogP contribution in [-0.4, -0.2) is 34.1 Å². The molecule has 0 aliphatic rings. The van der Waals surface area contributed by atoms with E-state index in [0.717, 1.165) is 11.4 Å². The molecule has 6 nitrogen and oxygen atoms in total. The van der Waals surface area contributed by atoms with Crippen molar-refractivity contribution in [3.05, 3.63) is 35.7 Å². The van der Waals surface area contributed by atoms with E-state index in [1.165, 1.54) is 0 Å². The van der Waals surface area contributed by atoms with E-state index in [2.05, 4.69) is 15.6 Å². The number of amides is 1. The van der Waals surface area contributed by atoms with E-state index in [4.69, 9.17) is 4.74 Å². The largest absolute Gasteiger partial charge is 0.497 e. The van der Waals surface area contributed by atoms with Gasteiger partial charge in [0.25, 0.3) is 5.91 Å². The van der Waals surface area contributed by atoms with Gasteiger partial charge in [-0.15, -0.1) is 5.10 Å².